The monoisotopic (exact) mass is 303 g/mol. The van der Waals surface area contributed by atoms with Crippen molar-refractivity contribution in [1.29, 1.82) is 0 Å². The Morgan fingerprint density at radius 2 is 1.80 bits per heavy atom. The van der Waals surface area contributed by atoms with E-state index in [-0.39, 0.29) is 16.1 Å². The zero-order chi connectivity index (χ0) is 15.9. The van der Waals surface area contributed by atoms with E-state index in [1.54, 1.807) is 5.06 Å². The van der Waals surface area contributed by atoms with Crippen molar-refractivity contribution in [2.24, 2.45) is 0 Å². The summed E-state index contributed by atoms with van der Waals surface area (Å²) < 4.78 is 0. The molecule has 1 aromatic rings. The molecular weight excluding hydrogens is 286 g/mol. The van der Waals surface area contributed by atoms with Gasteiger partial charge >= 0.3 is 0 Å². The van der Waals surface area contributed by atoms with Crippen LogP contribution in [-0.4, -0.2) is 48.0 Å². The first kappa shape index (κ1) is 18.4. The topological polar surface area (TPSA) is 87.1 Å². The normalized spacial score (nSPS) is 10.2. The molecule has 0 radical (unpaired) electrons. The van der Waals surface area contributed by atoms with E-state index in [4.69, 9.17) is 26.7 Å². The van der Waals surface area contributed by atoms with E-state index in [9.17, 15) is 9.59 Å². The molecule has 0 heterocycles. The minimum atomic E-state index is -0.602. The highest BCUT2D eigenvalue weighted by atomic mass is 35.5. The third-order valence-electron chi connectivity index (χ3n) is 1.96. The van der Waals surface area contributed by atoms with Crippen LogP contribution in [0.2, 0.25) is 5.02 Å². The first-order chi connectivity index (χ1) is 9.24. The van der Waals surface area contributed by atoms with Gasteiger partial charge in [0.1, 0.15) is 0 Å². The molecular formula is C13H18ClNO5. The highest BCUT2D eigenvalue weighted by Gasteiger charge is 2.14. The molecule has 0 fully saturated rings. The Morgan fingerprint density at radius 3 is 2.10 bits per heavy atom. The number of halogens is 1. The van der Waals surface area contributed by atoms with Crippen molar-refractivity contribution >= 4 is 24.2 Å². The summed E-state index contributed by atoms with van der Waals surface area (Å²) in [5.74, 6) is -1.13. The molecule has 1 aromatic carbocycles. The van der Waals surface area contributed by atoms with E-state index in [1.807, 2.05) is 27.9 Å². The molecule has 0 aliphatic heterocycles. The first-order valence-corrected chi connectivity index (χ1v) is 6.11. The average Bonchev–Trinajstić information content (AvgIpc) is 2.34. The van der Waals surface area contributed by atoms with Gasteiger partial charge in [0.05, 0.1) is 11.1 Å². The molecule has 0 aliphatic rings. The second-order valence-corrected chi connectivity index (χ2v) is 4.64. The smallest absolute Gasteiger partial charge is 0.177 e. The van der Waals surface area contributed by atoms with Crippen LogP contribution in [0, 0.1) is 0 Å². The van der Waals surface area contributed by atoms with Gasteiger partial charge in [0.25, 0.3) is 0 Å². The van der Waals surface area contributed by atoms with Gasteiger partial charge in [0.2, 0.25) is 0 Å². The van der Waals surface area contributed by atoms with E-state index >= 15 is 0 Å². The molecule has 2 N–H and O–H groups in total. The Hall–Kier alpha value is -1.63. The van der Waals surface area contributed by atoms with E-state index in [2.05, 4.69) is 0 Å². The lowest BCUT2D eigenvalue weighted by Crippen LogP contribution is -2.17. The lowest BCUT2D eigenvalue weighted by Gasteiger charge is -2.12. The predicted octanol–water partition coefficient (Wildman–Crippen LogP) is 2.26. The third kappa shape index (κ3) is 5.56. The van der Waals surface area contributed by atoms with Gasteiger partial charge in [-0.25, -0.2) is 0 Å². The molecule has 0 aliphatic carbocycles. The van der Waals surface area contributed by atoms with E-state index in [0.29, 0.717) is 18.7 Å². The maximum absolute atomic E-state index is 10.4. The largest absolute Gasteiger partial charge is 0.504 e. The van der Waals surface area contributed by atoms with Gasteiger partial charge in [-0.05, 0) is 19.9 Å². The molecule has 0 bridgehead atoms. The van der Waals surface area contributed by atoms with Gasteiger partial charge in [0, 0.05) is 25.2 Å². The van der Waals surface area contributed by atoms with Crippen LogP contribution in [-0.2, 0) is 4.84 Å². The van der Waals surface area contributed by atoms with Gasteiger partial charge < -0.3 is 10.2 Å². The number of phenolic OH excluding ortho intramolecular Hbond substituents is 2. The summed E-state index contributed by atoms with van der Waals surface area (Å²) in [6, 6.07) is 0.970. The fraction of sp³-hybridized carbons (Fsp3) is 0.385. The van der Waals surface area contributed by atoms with Gasteiger partial charge in [-0.15, -0.1) is 0 Å². The summed E-state index contributed by atoms with van der Waals surface area (Å²) in [6.45, 7) is 4.00. The van der Waals surface area contributed by atoms with Crippen LogP contribution in [0.3, 0.4) is 0 Å². The Kier molecular flexibility index (Phi) is 7.83. The lowest BCUT2D eigenvalue weighted by molar-refractivity contribution is -0.151. The number of rotatable bonds is 4. The molecule has 0 spiro atoms. The van der Waals surface area contributed by atoms with Gasteiger partial charge in [-0.3, -0.25) is 14.4 Å². The molecule has 0 atom stereocenters. The van der Waals surface area contributed by atoms with Gasteiger partial charge in [-0.1, -0.05) is 11.6 Å². The fourth-order valence-electron chi connectivity index (χ4n) is 1.30. The summed E-state index contributed by atoms with van der Waals surface area (Å²) in [6.07, 6.45) is 1.01. The lowest BCUT2D eigenvalue weighted by atomic mass is 10.1. The number of carbonyl (C=O) groups excluding carboxylic acids is 2. The van der Waals surface area contributed by atoms with Crippen molar-refractivity contribution < 1.29 is 24.6 Å². The highest BCUT2D eigenvalue weighted by molar-refractivity contribution is 6.35. The summed E-state index contributed by atoms with van der Waals surface area (Å²) in [7, 11) is 3.75. The van der Waals surface area contributed by atoms with Crippen molar-refractivity contribution in [2.45, 2.75) is 20.0 Å². The molecule has 1 rings (SSSR count). The Balaban J connectivity index is 0.000000441. The summed E-state index contributed by atoms with van der Waals surface area (Å²) in [5.41, 5.74) is -0.192. The molecule has 0 aromatic heterocycles. The first-order valence-electron chi connectivity index (χ1n) is 5.73. The zero-order valence-corrected chi connectivity index (χ0v) is 12.5. The quantitative estimate of drug-likeness (QED) is 0.504. The predicted molar refractivity (Wildman–Crippen MR) is 75.5 cm³/mol. The van der Waals surface area contributed by atoms with Crippen molar-refractivity contribution in [2.75, 3.05) is 14.1 Å². The minimum absolute atomic E-state index is 0.0599. The summed E-state index contributed by atoms with van der Waals surface area (Å²) in [5, 5.41) is 19.5. The number of aldehydes is 2. The van der Waals surface area contributed by atoms with Crippen LogP contribution in [0.15, 0.2) is 6.07 Å². The SMILES string of the molecule is CC(C)ON(C)C.O=Cc1cc(O)c(O)c(Cl)c1C=O. The Morgan fingerprint density at radius 1 is 1.25 bits per heavy atom. The third-order valence-corrected chi connectivity index (χ3v) is 2.34. The molecule has 6 nitrogen and oxygen atoms in total. The van der Waals surface area contributed by atoms with E-state index < -0.39 is 11.5 Å². The maximum atomic E-state index is 10.4. The standard InChI is InChI=1S/C8H5ClO4.C5H13NO/c9-7-5(3-11)4(2-10)1-6(12)8(7)13;1-5(2)7-6(3)4/h1-3,12-13H;5H,1-4H3. The Labute approximate surface area is 122 Å². The zero-order valence-electron chi connectivity index (χ0n) is 11.8. The number of hydrogen-bond acceptors (Lipinski definition) is 6. The van der Waals surface area contributed by atoms with Crippen LogP contribution in [0.5, 0.6) is 11.5 Å². The molecule has 112 valence electrons. The Bertz CT molecular complexity index is 468. The van der Waals surface area contributed by atoms with Crippen molar-refractivity contribution in [3.05, 3.63) is 22.2 Å². The van der Waals surface area contributed by atoms with Crippen LogP contribution < -0.4 is 0 Å². The molecule has 0 saturated carbocycles. The number of aromatic hydroxyl groups is 2. The number of hydrogen-bond donors (Lipinski definition) is 2. The van der Waals surface area contributed by atoms with Crippen LogP contribution in [0.25, 0.3) is 0 Å². The maximum Gasteiger partial charge on any atom is 0.177 e. The highest BCUT2D eigenvalue weighted by Crippen LogP contribution is 2.36. The van der Waals surface area contributed by atoms with Crippen LogP contribution in [0.4, 0.5) is 0 Å². The summed E-state index contributed by atoms with van der Waals surface area (Å²) >= 11 is 5.48. The number of hydroxylamine groups is 2. The van der Waals surface area contributed by atoms with E-state index in [0.717, 1.165) is 6.07 Å². The van der Waals surface area contributed by atoms with Crippen LogP contribution >= 0.6 is 11.6 Å². The molecule has 7 heteroatoms. The molecule has 20 heavy (non-hydrogen) atoms. The second kappa shape index (κ2) is 8.52. The van der Waals surface area contributed by atoms with Crippen molar-refractivity contribution in [3.8, 4) is 11.5 Å². The number of nitrogens with zero attached hydrogens (tertiary/aromatic N) is 1. The minimum Gasteiger partial charge on any atom is -0.504 e. The molecule has 0 amide bonds. The van der Waals surface area contributed by atoms with Crippen LogP contribution in [0.1, 0.15) is 34.6 Å². The van der Waals surface area contributed by atoms with Gasteiger partial charge in [0.15, 0.2) is 24.1 Å². The summed E-state index contributed by atoms with van der Waals surface area (Å²) in [4.78, 5) is 25.9. The second-order valence-electron chi connectivity index (χ2n) is 4.26. The number of phenols is 2. The number of carbonyl (C=O) groups is 2. The van der Waals surface area contributed by atoms with Crippen molar-refractivity contribution in [1.82, 2.24) is 5.06 Å². The van der Waals surface area contributed by atoms with Gasteiger partial charge in [-0.2, -0.15) is 5.06 Å². The average molecular weight is 304 g/mol. The fourth-order valence-corrected chi connectivity index (χ4v) is 1.55. The number of benzene rings is 1. The molecule has 0 unspecified atom stereocenters. The van der Waals surface area contributed by atoms with Crippen molar-refractivity contribution in [3.63, 3.8) is 0 Å². The molecule has 0 saturated heterocycles. The van der Waals surface area contributed by atoms with E-state index in [1.165, 1.54) is 0 Å².